The van der Waals surface area contributed by atoms with Crippen molar-refractivity contribution in [3.63, 3.8) is 0 Å². The van der Waals surface area contributed by atoms with Gasteiger partial charge in [0.05, 0.1) is 20.3 Å². The smallest absolute Gasteiger partial charge is 0.260 e. The molecule has 3 rings (SSSR count). The monoisotopic (exact) mass is 363 g/mol. The number of aliphatic hydroxyl groups is 2. The van der Waals surface area contributed by atoms with Gasteiger partial charge in [0, 0.05) is 23.7 Å². The third-order valence-electron chi connectivity index (χ3n) is 5.70. The fourth-order valence-electron chi connectivity index (χ4n) is 4.41. The standard InChI is InChI=1S/C20H29NO5/c1-25-17-9-15(11-22)20(16(10-17)12-23)26-13-19(24)21-8-4-6-14-5-2-3-7-18(14)21/h9-10,14,18,22-23H,2-8,11-13H2,1H3. The Kier molecular flexibility index (Phi) is 6.38. The zero-order valence-corrected chi connectivity index (χ0v) is 15.4. The lowest BCUT2D eigenvalue weighted by Crippen LogP contribution is -2.51. The average molecular weight is 363 g/mol. The average Bonchev–Trinajstić information content (AvgIpc) is 2.70. The summed E-state index contributed by atoms with van der Waals surface area (Å²) in [5.41, 5.74) is 1.02. The molecule has 2 N–H and O–H groups in total. The van der Waals surface area contributed by atoms with Gasteiger partial charge in [-0.15, -0.1) is 0 Å². The molecule has 2 fully saturated rings. The van der Waals surface area contributed by atoms with Gasteiger partial charge in [0.2, 0.25) is 0 Å². The maximum absolute atomic E-state index is 12.8. The Morgan fingerprint density at radius 2 is 1.77 bits per heavy atom. The fourth-order valence-corrected chi connectivity index (χ4v) is 4.41. The Hall–Kier alpha value is -1.79. The van der Waals surface area contributed by atoms with E-state index < -0.39 is 0 Å². The zero-order chi connectivity index (χ0) is 18.5. The molecule has 1 aliphatic carbocycles. The van der Waals surface area contributed by atoms with Gasteiger partial charge in [0.15, 0.2) is 6.61 Å². The van der Waals surface area contributed by atoms with Crippen molar-refractivity contribution in [1.82, 2.24) is 4.90 Å². The molecule has 2 unspecified atom stereocenters. The van der Waals surface area contributed by atoms with Crippen LogP contribution in [0.25, 0.3) is 0 Å². The largest absolute Gasteiger partial charge is 0.497 e. The first-order valence-electron chi connectivity index (χ1n) is 9.51. The number of hydrogen-bond donors (Lipinski definition) is 2. The number of methoxy groups -OCH3 is 1. The molecule has 26 heavy (non-hydrogen) atoms. The minimum absolute atomic E-state index is 0.00908. The van der Waals surface area contributed by atoms with E-state index in [1.807, 2.05) is 4.90 Å². The molecule has 1 saturated heterocycles. The molecule has 1 saturated carbocycles. The van der Waals surface area contributed by atoms with Gasteiger partial charge in [-0.3, -0.25) is 4.79 Å². The molecule has 144 valence electrons. The molecule has 0 aromatic heterocycles. The summed E-state index contributed by atoms with van der Waals surface area (Å²) < 4.78 is 11.0. The second-order valence-electron chi connectivity index (χ2n) is 7.22. The molecule has 6 nitrogen and oxygen atoms in total. The van der Waals surface area contributed by atoms with E-state index in [0.717, 1.165) is 19.4 Å². The molecule has 1 amide bonds. The molecule has 1 aromatic carbocycles. The van der Waals surface area contributed by atoms with Crippen molar-refractivity contribution < 1.29 is 24.5 Å². The van der Waals surface area contributed by atoms with E-state index in [1.165, 1.54) is 32.8 Å². The number of benzene rings is 1. The van der Waals surface area contributed by atoms with E-state index in [2.05, 4.69) is 0 Å². The Bertz CT molecular complexity index is 606. The maximum Gasteiger partial charge on any atom is 0.260 e. The summed E-state index contributed by atoms with van der Waals surface area (Å²) in [7, 11) is 1.53. The van der Waals surface area contributed by atoms with Crippen molar-refractivity contribution in [3.05, 3.63) is 23.3 Å². The molecule has 1 aliphatic heterocycles. The van der Waals surface area contributed by atoms with Crippen LogP contribution in [0.5, 0.6) is 11.5 Å². The van der Waals surface area contributed by atoms with Gasteiger partial charge in [-0.2, -0.15) is 0 Å². The Morgan fingerprint density at radius 1 is 1.12 bits per heavy atom. The number of rotatable bonds is 6. The summed E-state index contributed by atoms with van der Waals surface area (Å²) in [6.45, 7) is 0.228. The number of nitrogens with zero attached hydrogens (tertiary/aromatic N) is 1. The van der Waals surface area contributed by atoms with Crippen molar-refractivity contribution in [2.24, 2.45) is 5.92 Å². The van der Waals surface area contributed by atoms with Gasteiger partial charge >= 0.3 is 0 Å². The van der Waals surface area contributed by atoms with Crippen LogP contribution < -0.4 is 9.47 Å². The van der Waals surface area contributed by atoms with Crippen molar-refractivity contribution >= 4 is 5.91 Å². The summed E-state index contributed by atoms with van der Waals surface area (Å²) in [5, 5.41) is 19.2. The number of ether oxygens (including phenoxy) is 2. The lowest BCUT2D eigenvalue weighted by molar-refractivity contribution is -0.139. The normalized spacial score (nSPS) is 22.7. The second-order valence-corrected chi connectivity index (χ2v) is 7.22. The fraction of sp³-hybridized carbons (Fsp3) is 0.650. The van der Waals surface area contributed by atoms with E-state index in [0.29, 0.717) is 34.6 Å². The first-order valence-corrected chi connectivity index (χ1v) is 9.51. The SMILES string of the molecule is COc1cc(CO)c(OCC(=O)N2CCCC3CCCCC32)c(CO)c1. The van der Waals surface area contributed by atoms with E-state index in [-0.39, 0.29) is 25.7 Å². The summed E-state index contributed by atoms with van der Waals surface area (Å²) in [5.74, 6) is 1.54. The van der Waals surface area contributed by atoms with Gasteiger partial charge in [-0.05, 0) is 43.7 Å². The number of likely N-dealkylation sites (tertiary alicyclic amines) is 1. The lowest BCUT2D eigenvalue weighted by atomic mass is 9.78. The second kappa shape index (κ2) is 8.73. The van der Waals surface area contributed by atoms with Crippen molar-refractivity contribution in [3.8, 4) is 11.5 Å². The van der Waals surface area contributed by atoms with Crippen molar-refractivity contribution in [1.29, 1.82) is 0 Å². The third kappa shape index (κ3) is 3.96. The van der Waals surface area contributed by atoms with Crippen molar-refractivity contribution in [2.45, 2.75) is 57.8 Å². The van der Waals surface area contributed by atoms with Crippen LogP contribution in [0, 0.1) is 5.92 Å². The van der Waals surface area contributed by atoms with Crippen LogP contribution in [0.1, 0.15) is 49.7 Å². The quantitative estimate of drug-likeness (QED) is 0.810. The van der Waals surface area contributed by atoms with Crippen molar-refractivity contribution in [2.75, 3.05) is 20.3 Å². The Labute approximate surface area is 154 Å². The maximum atomic E-state index is 12.8. The van der Waals surface area contributed by atoms with Gasteiger partial charge < -0.3 is 24.6 Å². The first kappa shape index (κ1) is 19.0. The molecule has 2 aliphatic rings. The number of fused-ring (bicyclic) bond motifs is 1. The molecular weight excluding hydrogens is 334 g/mol. The number of aliphatic hydroxyl groups excluding tert-OH is 2. The summed E-state index contributed by atoms with van der Waals surface area (Å²) in [6, 6.07) is 3.67. The number of carbonyl (C=O) groups is 1. The van der Waals surface area contributed by atoms with Gasteiger partial charge in [0.1, 0.15) is 11.5 Å². The molecule has 0 bridgehead atoms. The zero-order valence-electron chi connectivity index (χ0n) is 15.4. The highest BCUT2D eigenvalue weighted by atomic mass is 16.5. The van der Waals surface area contributed by atoms with Gasteiger partial charge in [0.25, 0.3) is 5.91 Å². The van der Waals surface area contributed by atoms with Crippen LogP contribution in [0.2, 0.25) is 0 Å². The predicted molar refractivity (Wildman–Crippen MR) is 97.0 cm³/mol. The van der Waals surface area contributed by atoms with Crippen LogP contribution in [0.4, 0.5) is 0 Å². The van der Waals surface area contributed by atoms with E-state index in [4.69, 9.17) is 9.47 Å². The third-order valence-corrected chi connectivity index (χ3v) is 5.70. The molecular formula is C20H29NO5. The molecule has 1 heterocycles. The Balaban J connectivity index is 1.71. The summed E-state index contributed by atoms with van der Waals surface area (Å²) >= 11 is 0. The highest BCUT2D eigenvalue weighted by Crippen LogP contribution is 2.35. The van der Waals surface area contributed by atoms with Gasteiger partial charge in [-0.25, -0.2) is 0 Å². The number of amides is 1. The molecule has 0 radical (unpaired) electrons. The first-order chi connectivity index (χ1) is 12.7. The highest BCUT2D eigenvalue weighted by molar-refractivity contribution is 5.78. The van der Waals surface area contributed by atoms with Crippen LogP contribution in [0.15, 0.2) is 12.1 Å². The number of hydrogen-bond acceptors (Lipinski definition) is 5. The van der Waals surface area contributed by atoms with E-state index in [1.54, 1.807) is 12.1 Å². The summed E-state index contributed by atoms with van der Waals surface area (Å²) in [4.78, 5) is 14.8. The molecule has 2 atom stereocenters. The van der Waals surface area contributed by atoms with Gasteiger partial charge in [-0.1, -0.05) is 12.8 Å². The minimum Gasteiger partial charge on any atom is -0.497 e. The minimum atomic E-state index is -0.248. The molecule has 0 spiro atoms. The number of carbonyl (C=O) groups excluding carboxylic acids is 1. The predicted octanol–water partition coefficient (Wildman–Crippen LogP) is 2.24. The number of piperidine rings is 1. The Morgan fingerprint density at radius 3 is 2.42 bits per heavy atom. The summed E-state index contributed by atoms with van der Waals surface area (Å²) in [6.07, 6.45) is 7.04. The van der Waals surface area contributed by atoms with E-state index >= 15 is 0 Å². The van der Waals surface area contributed by atoms with Crippen LogP contribution in [-0.2, 0) is 18.0 Å². The van der Waals surface area contributed by atoms with Crippen LogP contribution in [-0.4, -0.2) is 47.3 Å². The molecule has 1 aromatic rings. The highest BCUT2D eigenvalue weighted by Gasteiger charge is 2.35. The lowest BCUT2D eigenvalue weighted by Gasteiger charge is -2.44. The van der Waals surface area contributed by atoms with E-state index in [9.17, 15) is 15.0 Å². The molecule has 6 heteroatoms. The topological polar surface area (TPSA) is 79.2 Å². The van der Waals surface area contributed by atoms with Crippen LogP contribution >= 0.6 is 0 Å². The van der Waals surface area contributed by atoms with Crippen LogP contribution in [0.3, 0.4) is 0 Å².